The van der Waals surface area contributed by atoms with Crippen LogP contribution in [0.25, 0.3) is 5.52 Å². The fourth-order valence-electron chi connectivity index (χ4n) is 4.23. The smallest absolute Gasteiger partial charge is 0.258 e. The summed E-state index contributed by atoms with van der Waals surface area (Å²) < 4.78 is 14.2. The molecular weight excluding hydrogens is 370 g/mol. The average Bonchev–Trinajstić information content (AvgIpc) is 3.28. The van der Waals surface area contributed by atoms with E-state index < -0.39 is 17.6 Å². The Bertz CT molecular complexity index is 1020. The van der Waals surface area contributed by atoms with Crippen LogP contribution in [-0.4, -0.2) is 32.7 Å². The molecule has 4 N–H and O–H groups in total. The van der Waals surface area contributed by atoms with Crippen LogP contribution >= 0.6 is 0 Å². The van der Waals surface area contributed by atoms with E-state index in [4.69, 9.17) is 20.9 Å². The molecule has 1 saturated heterocycles. The minimum atomic E-state index is -1.48. The standard InChI is InChI=1S/C21H25N5O3/c1-3-16-13(2)18(28-11-14-7-5-4-6-8-14)21(29-16,20(23)27)17-10-9-15-19(22)24-12-25-26(15)17/h4-10,12-13,16,18H,3,11H2,1-2H3,(H2,23,27)(H2,22,24,25)/t13?,16-,18+,21+/m1/s1. The predicted molar refractivity (Wildman–Crippen MR) is 108 cm³/mol. The summed E-state index contributed by atoms with van der Waals surface area (Å²) in [5, 5.41) is 4.28. The van der Waals surface area contributed by atoms with Crippen molar-refractivity contribution >= 4 is 17.2 Å². The van der Waals surface area contributed by atoms with Crippen molar-refractivity contribution in [3.05, 3.63) is 60.0 Å². The molecule has 1 unspecified atom stereocenters. The van der Waals surface area contributed by atoms with Crippen LogP contribution in [0, 0.1) is 5.92 Å². The number of aromatic nitrogens is 3. The molecule has 1 fully saturated rings. The van der Waals surface area contributed by atoms with Crippen LogP contribution in [0.4, 0.5) is 5.82 Å². The summed E-state index contributed by atoms with van der Waals surface area (Å²) in [7, 11) is 0. The van der Waals surface area contributed by atoms with Gasteiger partial charge in [-0.15, -0.1) is 0 Å². The van der Waals surface area contributed by atoms with Crippen LogP contribution in [0.1, 0.15) is 31.5 Å². The van der Waals surface area contributed by atoms with Crippen molar-refractivity contribution in [1.29, 1.82) is 0 Å². The highest BCUT2D eigenvalue weighted by molar-refractivity contribution is 5.86. The third-order valence-electron chi connectivity index (χ3n) is 5.71. The van der Waals surface area contributed by atoms with Gasteiger partial charge in [0, 0.05) is 5.92 Å². The molecule has 0 bridgehead atoms. The number of hydrogen-bond donors (Lipinski definition) is 2. The van der Waals surface area contributed by atoms with Crippen molar-refractivity contribution in [1.82, 2.24) is 14.6 Å². The lowest BCUT2D eigenvalue weighted by molar-refractivity contribution is -0.160. The number of hydrogen-bond acceptors (Lipinski definition) is 6. The highest BCUT2D eigenvalue weighted by Crippen LogP contribution is 2.46. The number of carbonyl (C=O) groups excluding carboxylic acids is 1. The number of rotatable bonds is 6. The molecule has 1 aromatic carbocycles. The highest BCUT2D eigenvalue weighted by Gasteiger charge is 2.60. The van der Waals surface area contributed by atoms with Gasteiger partial charge in [-0.05, 0) is 24.1 Å². The van der Waals surface area contributed by atoms with Crippen LogP contribution in [0.2, 0.25) is 0 Å². The lowest BCUT2D eigenvalue weighted by Gasteiger charge is -2.32. The van der Waals surface area contributed by atoms with Gasteiger partial charge in [0.2, 0.25) is 5.60 Å². The van der Waals surface area contributed by atoms with E-state index in [0.29, 0.717) is 23.6 Å². The Morgan fingerprint density at radius 1 is 1.28 bits per heavy atom. The first-order chi connectivity index (χ1) is 14.0. The molecule has 152 valence electrons. The maximum absolute atomic E-state index is 12.9. The van der Waals surface area contributed by atoms with Crippen LogP contribution in [-0.2, 0) is 26.5 Å². The number of nitrogens with zero attached hydrogens (tertiary/aromatic N) is 3. The molecule has 0 radical (unpaired) electrons. The maximum atomic E-state index is 12.9. The molecule has 0 saturated carbocycles. The zero-order valence-corrected chi connectivity index (χ0v) is 16.5. The number of nitrogen functional groups attached to an aromatic ring is 1. The topological polar surface area (TPSA) is 118 Å². The molecule has 4 rings (SSSR count). The highest BCUT2D eigenvalue weighted by atomic mass is 16.6. The molecule has 1 amide bonds. The zero-order chi connectivity index (χ0) is 20.6. The van der Waals surface area contributed by atoms with Crippen molar-refractivity contribution in [2.45, 2.75) is 44.7 Å². The number of fused-ring (bicyclic) bond motifs is 1. The Hall–Kier alpha value is -2.97. The number of amides is 1. The van der Waals surface area contributed by atoms with Gasteiger partial charge < -0.3 is 20.9 Å². The summed E-state index contributed by atoms with van der Waals surface area (Å²) in [5.74, 6) is -0.359. The molecule has 29 heavy (non-hydrogen) atoms. The lowest BCUT2D eigenvalue weighted by Crippen LogP contribution is -2.51. The fraction of sp³-hybridized carbons (Fsp3) is 0.381. The second-order valence-electron chi connectivity index (χ2n) is 7.40. The Labute approximate surface area is 168 Å². The van der Waals surface area contributed by atoms with Crippen LogP contribution in [0.3, 0.4) is 0 Å². The number of anilines is 1. The number of carbonyl (C=O) groups is 1. The van der Waals surface area contributed by atoms with Crippen molar-refractivity contribution in [2.75, 3.05) is 5.73 Å². The van der Waals surface area contributed by atoms with E-state index in [0.717, 1.165) is 12.0 Å². The number of nitrogens with two attached hydrogens (primary N) is 2. The minimum absolute atomic E-state index is 0.0547. The first-order valence-corrected chi connectivity index (χ1v) is 9.71. The van der Waals surface area contributed by atoms with Gasteiger partial charge in [0.1, 0.15) is 17.9 Å². The summed E-state index contributed by atoms with van der Waals surface area (Å²) in [6.45, 7) is 4.38. The molecular formula is C21H25N5O3. The van der Waals surface area contributed by atoms with Gasteiger partial charge >= 0.3 is 0 Å². The molecule has 0 spiro atoms. The van der Waals surface area contributed by atoms with Gasteiger partial charge in [0.25, 0.3) is 5.91 Å². The summed E-state index contributed by atoms with van der Waals surface area (Å²) in [6, 6.07) is 13.3. The SMILES string of the molecule is CC[C@H]1O[C@@](C(N)=O)(c2ccc3c(N)ncnn23)[C@@H](OCc2ccccc2)C1C. The van der Waals surface area contributed by atoms with Gasteiger partial charge in [0.05, 0.1) is 18.4 Å². The molecule has 1 aliphatic rings. The quantitative estimate of drug-likeness (QED) is 0.659. The number of primary amides is 1. The minimum Gasteiger partial charge on any atom is -0.382 e. The molecule has 1 aliphatic heterocycles. The largest absolute Gasteiger partial charge is 0.382 e. The van der Waals surface area contributed by atoms with Gasteiger partial charge in [-0.3, -0.25) is 4.79 Å². The van der Waals surface area contributed by atoms with E-state index in [1.165, 1.54) is 6.33 Å². The first kappa shape index (κ1) is 19.4. The zero-order valence-electron chi connectivity index (χ0n) is 16.5. The third-order valence-corrected chi connectivity index (χ3v) is 5.71. The molecule has 3 aromatic rings. The Balaban J connectivity index is 1.81. The van der Waals surface area contributed by atoms with E-state index in [9.17, 15) is 4.79 Å². The molecule has 4 atom stereocenters. The van der Waals surface area contributed by atoms with E-state index >= 15 is 0 Å². The van der Waals surface area contributed by atoms with E-state index in [-0.39, 0.29) is 12.0 Å². The molecule has 2 aromatic heterocycles. The van der Waals surface area contributed by atoms with E-state index in [1.807, 2.05) is 44.2 Å². The van der Waals surface area contributed by atoms with Crippen LogP contribution in [0.5, 0.6) is 0 Å². The second kappa shape index (κ2) is 7.46. The average molecular weight is 395 g/mol. The van der Waals surface area contributed by atoms with Crippen molar-refractivity contribution in [2.24, 2.45) is 11.7 Å². The van der Waals surface area contributed by atoms with Crippen molar-refractivity contribution < 1.29 is 14.3 Å². The first-order valence-electron chi connectivity index (χ1n) is 9.71. The molecule has 8 heteroatoms. The maximum Gasteiger partial charge on any atom is 0.258 e. The van der Waals surface area contributed by atoms with E-state index in [1.54, 1.807) is 16.6 Å². The Morgan fingerprint density at radius 3 is 2.72 bits per heavy atom. The van der Waals surface area contributed by atoms with Gasteiger partial charge in [-0.25, -0.2) is 9.50 Å². The Morgan fingerprint density at radius 2 is 2.03 bits per heavy atom. The van der Waals surface area contributed by atoms with Crippen LogP contribution < -0.4 is 11.5 Å². The second-order valence-corrected chi connectivity index (χ2v) is 7.40. The van der Waals surface area contributed by atoms with Gasteiger partial charge in [-0.2, -0.15) is 5.10 Å². The summed E-state index contributed by atoms with van der Waals surface area (Å²) in [4.78, 5) is 16.9. The molecule has 8 nitrogen and oxygen atoms in total. The number of ether oxygens (including phenoxy) is 2. The summed E-state index contributed by atoms with van der Waals surface area (Å²) >= 11 is 0. The summed E-state index contributed by atoms with van der Waals surface area (Å²) in [6.07, 6.45) is 1.30. The monoisotopic (exact) mass is 395 g/mol. The fourth-order valence-corrected chi connectivity index (χ4v) is 4.23. The predicted octanol–water partition coefficient (Wildman–Crippen LogP) is 2.02. The molecule has 3 heterocycles. The Kier molecular flexibility index (Phi) is 4.97. The normalized spacial score (nSPS) is 26.8. The van der Waals surface area contributed by atoms with Crippen molar-refractivity contribution in [3.8, 4) is 0 Å². The molecule has 0 aliphatic carbocycles. The summed E-state index contributed by atoms with van der Waals surface area (Å²) in [5.41, 5.74) is 12.5. The van der Waals surface area contributed by atoms with Crippen LogP contribution in [0.15, 0.2) is 48.8 Å². The lowest BCUT2D eigenvalue weighted by atomic mass is 9.85. The van der Waals surface area contributed by atoms with E-state index in [2.05, 4.69) is 10.1 Å². The third kappa shape index (κ3) is 3.04. The van der Waals surface area contributed by atoms with Gasteiger partial charge in [0.15, 0.2) is 5.82 Å². The van der Waals surface area contributed by atoms with Gasteiger partial charge in [-0.1, -0.05) is 44.2 Å². The van der Waals surface area contributed by atoms with Crippen molar-refractivity contribution in [3.63, 3.8) is 0 Å². The number of benzene rings is 1.